The number of hydrogen-bond acceptors (Lipinski definition) is 10. The topological polar surface area (TPSA) is 117 Å². The first-order chi connectivity index (χ1) is 18.3. The average molecular weight is 566 g/mol. The second kappa shape index (κ2) is 12.8. The first-order valence-electron chi connectivity index (χ1n) is 12.1. The van der Waals surface area contributed by atoms with Crippen molar-refractivity contribution < 1.29 is 28.6 Å². The molecular formula is C25H29ClFN5O5S. The van der Waals surface area contributed by atoms with Crippen LogP contribution < -0.4 is 5.32 Å². The van der Waals surface area contributed by atoms with Gasteiger partial charge in [-0.1, -0.05) is 17.7 Å². The molecule has 1 fully saturated rings. The fraction of sp³-hybridized carbons (Fsp3) is 0.440. The Morgan fingerprint density at radius 3 is 2.92 bits per heavy atom. The van der Waals surface area contributed by atoms with Gasteiger partial charge in [-0.3, -0.25) is 19.6 Å². The molecule has 4 rings (SSSR count). The van der Waals surface area contributed by atoms with Gasteiger partial charge in [0.15, 0.2) is 10.8 Å². The van der Waals surface area contributed by atoms with E-state index in [1.807, 2.05) is 5.38 Å². The van der Waals surface area contributed by atoms with Gasteiger partial charge in [-0.05, 0) is 26.1 Å². The lowest BCUT2D eigenvalue weighted by atomic mass is 9.95. The summed E-state index contributed by atoms with van der Waals surface area (Å²) in [6.45, 7) is 3.99. The molecule has 0 saturated carbocycles. The highest BCUT2D eigenvalue weighted by atomic mass is 35.5. The van der Waals surface area contributed by atoms with Gasteiger partial charge in [0, 0.05) is 53.5 Å². The molecule has 13 heteroatoms. The largest absolute Gasteiger partial charge is 0.480 e. The number of hydrogen-bond donors (Lipinski definition) is 2. The normalized spacial score (nSPS) is 20.3. The van der Waals surface area contributed by atoms with Crippen LogP contribution in [0.1, 0.15) is 23.5 Å². The van der Waals surface area contributed by atoms with Crippen LogP contribution in [0.25, 0.3) is 0 Å². The Hall–Kier alpha value is -2.90. The number of benzene rings is 1. The van der Waals surface area contributed by atoms with Crippen LogP contribution in [0.3, 0.4) is 0 Å². The molecule has 2 atom stereocenters. The molecular weight excluding hydrogens is 537 g/mol. The lowest BCUT2D eigenvalue weighted by molar-refractivity contribution is -0.139. The Balaban J connectivity index is 1.75. The summed E-state index contributed by atoms with van der Waals surface area (Å²) in [5, 5.41) is 15.1. The highest BCUT2D eigenvalue weighted by molar-refractivity contribution is 7.11. The monoisotopic (exact) mass is 565 g/mol. The number of carbonyl (C=O) groups excluding carboxylic acids is 1. The summed E-state index contributed by atoms with van der Waals surface area (Å²) in [7, 11) is 1.74. The lowest BCUT2D eigenvalue weighted by Gasteiger charge is -2.39. The number of aromatic nitrogens is 1. The third-order valence-corrected chi connectivity index (χ3v) is 7.26. The minimum atomic E-state index is -0.916. The number of carboxylic acids is 1. The number of carboxylic acid groups (broad SMARTS) is 1. The maximum absolute atomic E-state index is 13.9. The van der Waals surface area contributed by atoms with Gasteiger partial charge in [0.05, 0.1) is 31.9 Å². The summed E-state index contributed by atoms with van der Waals surface area (Å²) in [6.07, 6.45) is 1.66. The molecule has 1 aromatic carbocycles. The summed E-state index contributed by atoms with van der Waals surface area (Å²) in [6, 6.07) is 3.01. The number of aliphatic carboxylic acids is 1. The highest BCUT2D eigenvalue weighted by Gasteiger charge is 2.36. The molecule has 1 saturated heterocycles. The molecule has 0 amide bonds. The van der Waals surface area contributed by atoms with E-state index >= 15 is 0 Å². The zero-order chi connectivity index (χ0) is 27.2. The van der Waals surface area contributed by atoms with Gasteiger partial charge in [0.1, 0.15) is 11.9 Å². The molecule has 3 heterocycles. The number of esters is 1. The minimum absolute atomic E-state index is 0.106. The number of halogens is 2. The van der Waals surface area contributed by atoms with Gasteiger partial charge < -0.3 is 19.9 Å². The van der Waals surface area contributed by atoms with Crippen LogP contribution >= 0.6 is 22.9 Å². The third-order valence-electron chi connectivity index (χ3n) is 6.15. The number of aliphatic imine (C=N–C) groups is 1. The summed E-state index contributed by atoms with van der Waals surface area (Å²) in [5.41, 5.74) is 1.29. The molecule has 0 spiro atoms. The zero-order valence-corrected chi connectivity index (χ0v) is 22.6. The smallest absolute Gasteiger partial charge is 0.338 e. The number of nitrogens with one attached hydrogen (secondary N) is 1. The molecule has 2 aliphatic heterocycles. The van der Waals surface area contributed by atoms with Crippen LogP contribution in [0.15, 0.2) is 46.0 Å². The van der Waals surface area contributed by atoms with E-state index in [0.29, 0.717) is 55.0 Å². The van der Waals surface area contributed by atoms with Crippen molar-refractivity contribution in [2.75, 3.05) is 53.0 Å². The number of nitrogens with zero attached hydrogens (tertiary/aromatic N) is 4. The van der Waals surface area contributed by atoms with E-state index < -0.39 is 23.8 Å². The fourth-order valence-corrected chi connectivity index (χ4v) is 5.35. The predicted molar refractivity (Wildman–Crippen MR) is 141 cm³/mol. The maximum atomic E-state index is 13.9. The van der Waals surface area contributed by atoms with Gasteiger partial charge in [-0.2, -0.15) is 0 Å². The molecule has 204 valence electrons. The van der Waals surface area contributed by atoms with E-state index in [1.54, 1.807) is 25.1 Å². The van der Waals surface area contributed by atoms with Gasteiger partial charge in [0.25, 0.3) is 0 Å². The number of likely N-dealkylation sites (N-methyl/N-ethyl adjacent to an activating group) is 1. The standard InChI is InChI=1S/C25H29ClFN5O5S/c1-3-37-25(35)21-19(12-32-7-8-36-14-16(32)11-31(2)13-20(33)34)29-23(24-28-6-9-38-24)30-22(21)17-5-4-15(27)10-18(17)26/h4-6,9-10,16,22H,3,7-8,11-14H2,1-2H3,(H,29,30)(H,33,34). The Bertz CT molecular complexity index is 1220. The Morgan fingerprint density at radius 1 is 1.42 bits per heavy atom. The molecule has 0 radical (unpaired) electrons. The van der Waals surface area contributed by atoms with Crippen molar-refractivity contribution in [3.63, 3.8) is 0 Å². The molecule has 38 heavy (non-hydrogen) atoms. The average Bonchev–Trinajstić information content (AvgIpc) is 3.40. The van der Waals surface area contributed by atoms with Gasteiger partial charge in [0.2, 0.25) is 0 Å². The molecule has 2 aliphatic rings. The Labute approximate surface area is 228 Å². The van der Waals surface area contributed by atoms with Crippen molar-refractivity contribution >= 4 is 40.7 Å². The highest BCUT2D eigenvalue weighted by Crippen LogP contribution is 2.37. The minimum Gasteiger partial charge on any atom is -0.480 e. The third kappa shape index (κ3) is 6.75. The fourth-order valence-electron chi connectivity index (χ4n) is 4.49. The summed E-state index contributed by atoms with van der Waals surface area (Å²) in [4.78, 5) is 37.5. The van der Waals surface area contributed by atoms with Crippen molar-refractivity contribution in [3.05, 3.63) is 62.5 Å². The summed E-state index contributed by atoms with van der Waals surface area (Å²) < 4.78 is 25.0. The molecule has 0 aliphatic carbocycles. The Morgan fingerprint density at radius 2 is 2.24 bits per heavy atom. The zero-order valence-electron chi connectivity index (χ0n) is 21.0. The van der Waals surface area contributed by atoms with Gasteiger partial charge >= 0.3 is 11.9 Å². The van der Waals surface area contributed by atoms with E-state index in [4.69, 9.17) is 26.1 Å². The number of rotatable bonds is 10. The van der Waals surface area contributed by atoms with Crippen LogP contribution in [-0.4, -0.2) is 96.8 Å². The number of amidine groups is 1. The van der Waals surface area contributed by atoms with Crippen LogP contribution in [-0.2, 0) is 19.1 Å². The molecule has 10 nitrogen and oxygen atoms in total. The first kappa shape index (κ1) is 28.1. The first-order valence-corrected chi connectivity index (χ1v) is 13.3. The van der Waals surface area contributed by atoms with Gasteiger partial charge in [-0.25, -0.2) is 14.2 Å². The van der Waals surface area contributed by atoms with E-state index in [-0.39, 0.29) is 29.8 Å². The summed E-state index contributed by atoms with van der Waals surface area (Å²) in [5.74, 6) is -1.52. The van der Waals surface area contributed by atoms with E-state index in [2.05, 4.69) is 15.2 Å². The van der Waals surface area contributed by atoms with E-state index in [1.165, 1.54) is 29.5 Å². The Kier molecular flexibility index (Phi) is 9.44. The van der Waals surface area contributed by atoms with Crippen molar-refractivity contribution in [1.82, 2.24) is 20.1 Å². The molecule has 1 aromatic heterocycles. The molecule has 0 bridgehead atoms. The van der Waals surface area contributed by atoms with Crippen LogP contribution in [0.2, 0.25) is 5.02 Å². The lowest BCUT2D eigenvalue weighted by Crippen LogP contribution is -2.53. The summed E-state index contributed by atoms with van der Waals surface area (Å²) >= 11 is 7.83. The number of morpholine rings is 1. The van der Waals surface area contributed by atoms with Crippen molar-refractivity contribution in [2.45, 2.75) is 19.0 Å². The van der Waals surface area contributed by atoms with Gasteiger partial charge in [-0.15, -0.1) is 11.3 Å². The second-order valence-corrected chi connectivity index (χ2v) is 10.2. The molecule has 2 N–H and O–H groups in total. The van der Waals surface area contributed by atoms with Crippen molar-refractivity contribution in [2.24, 2.45) is 4.99 Å². The van der Waals surface area contributed by atoms with E-state index in [9.17, 15) is 19.1 Å². The van der Waals surface area contributed by atoms with Crippen molar-refractivity contribution in [3.8, 4) is 0 Å². The number of ether oxygens (including phenoxy) is 2. The number of thiazole rings is 1. The van der Waals surface area contributed by atoms with Crippen molar-refractivity contribution in [1.29, 1.82) is 0 Å². The second-order valence-electron chi connectivity index (χ2n) is 8.91. The molecule has 2 unspecified atom stereocenters. The number of carbonyl (C=O) groups is 2. The molecule has 2 aromatic rings. The quantitative estimate of drug-likeness (QED) is 0.419. The van der Waals surface area contributed by atoms with Crippen LogP contribution in [0.4, 0.5) is 4.39 Å². The predicted octanol–water partition coefficient (Wildman–Crippen LogP) is 2.56. The SMILES string of the molecule is CCOC(=O)C1=C(CN2CCOCC2CN(C)CC(=O)O)NC(c2nccs2)=NC1c1ccc(F)cc1Cl. The van der Waals surface area contributed by atoms with Crippen LogP contribution in [0, 0.1) is 5.82 Å². The van der Waals surface area contributed by atoms with Crippen LogP contribution in [0.5, 0.6) is 0 Å². The van der Waals surface area contributed by atoms with E-state index in [0.717, 1.165) is 0 Å². The maximum Gasteiger partial charge on any atom is 0.338 e.